The highest BCUT2D eigenvalue weighted by atomic mass is 32.2. The monoisotopic (exact) mass is 625 g/mol. The number of rotatable bonds is 9. The van der Waals surface area contributed by atoms with Gasteiger partial charge in [0.25, 0.3) is 11.8 Å². The molecule has 2 unspecified atom stereocenters. The zero-order valence-corrected chi connectivity index (χ0v) is 24.4. The highest BCUT2D eigenvalue weighted by Crippen LogP contribution is 2.41. The standard InChI is InChI=1S/C22H27N9O7S3/c1-22(2,19(36)37)38-29-12(9-7-40-20(25)26-9)15(32)28-13-16(33)31-14(18(34)35)8(5-39-17(13)31)6-41-21-27-10(23)4-11(24)30(21)3/h7,11,13,17,23H,4-6,24H2,1-3H3,(H2,25,26)(H,28,32)(H,34,35)(H,36,37)/t11?,13?,17-/m0/s1. The Morgan fingerprint density at radius 2 is 2.07 bits per heavy atom. The Morgan fingerprint density at radius 1 is 1.37 bits per heavy atom. The number of anilines is 1. The molecule has 3 aliphatic heterocycles. The van der Waals surface area contributed by atoms with Crippen molar-refractivity contribution in [1.29, 1.82) is 5.41 Å². The van der Waals surface area contributed by atoms with Gasteiger partial charge in [-0.25, -0.2) is 19.6 Å². The number of β-lactam (4-membered cyclic amide) rings is 1. The lowest BCUT2D eigenvalue weighted by atomic mass is 10.0. The number of fused-ring (bicyclic) bond motifs is 1. The Morgan fingerprint density at radius 3 is 2.68 bits per heavy atom. The molecule has 16 nitrogen and oxygen atoms in total. The van der Waals surface area contributed by atoms with E-state index in [1.807, 2.05) is 0 Å². The van der Waals surface area contributed by atoms with Crippen molar-refractivity contribution >= 4 is 80.5 Å². The normalized spacial score (nSPS) is 23.1. The average Bonchev–Trinajstić information content (AvgIpc) is 3.33. The maximum atomic E-state index is 13.2. The first-order valence-electron chi connectivity index (χ1n) is 11.9. The molecule has 1 saturated heterocycles. The van der Waals surface area contributed by atoms with Gasteiger partial charge < -0.3 is 36.7 Å². The molecule has 41 heavy (non-hydrogen) atoms. The summed E-state index contributed by atoms with van der Waals surface area (Å²) in [5.41, 5.74) is 9.85. The molecule has 0 aliphatic carbocycles. The van der Waals surface area contributed by atoms with E-state index in [9.17, 15) is 29.4 Å². The zero-order valence-electron chi connectivity index (χ0n) is 22.0. The van der Waals surface area contributed by atoms with E-state index in [1.54, 1.807) is 11.9 Å². The minimum Gasteiger partial charge on any atom is -0.478 e. The molecule has 220 valence electrons. The first-order chi connectivity index (χ1) is 19.2. The van der Waals surface area contributed by atoms with E-state index in [1.165, 1.54) is 42.8 Å². The van der Waals surface area contributed by atoms with E-state index in [4.69, 9.17) is 21.7 Å². The number of nitrogens with zero attached hydrogens (tertiary/aromatic N) is 5. The van der Waals surface area contributed by atoms with Gasteiger partial charge in [0.2, 0.25) is 5.60 Å². The SMILES string of the molecule is CN1C(SCC2=C(C(=O)O)N3C(=O)C(NC(=O)C(=NOC(C)(C)C(=O)O)c4csc(N)n4)[C@@H]3SC2)=NC(=N)CC1N. The van der Waals surface area contributed by atoms with E-state index >= 15 is 0 Å². The molecule has 3 aliphatic rings. The predicted octanol–water partition coefficient (Wildman–Crippen LogP) is -0.265. The number of hydrogen-bond acceptors (Lipinski definition) is 14. The van der Waals surface area contributed by atoms with Crippen LogP contribution in [0, 0.1) is 5.41 Å². The molecule has 2 amide bonds. The molecule has 1 aromatic heterocycles. The summed E-state index contributed by atoms with van der Waals surface area (Å²) in [5.74, 6) is -3.56. The fourth-order valence-electron chi connectivity index (χ4n) is 3.81. The number of carbonyl (C=O) groups is 4. The Hall–Kier alpha value is -3.68. The van der Waals surface area contributed by atoms with Crippen molar-refractivity contribution in [1.82, 2.24) is 20.1 Å². The molecule has 4 heterocycles. The number of amidine groups is 2. The van der Waals surface area contributed by atoms with Crippen LogP contribution in [-0.2, 0) is 24.0 Å². The van der Waals surface area contributed by atoms with Gasteiger partial charge >= 0.3 is 11.9 Å². The van der Waals surface area contributed by atoms with Crippen molar-refractivity contribution < 1.29 is 34.2 Å². The van der Waals surface area contributed by atoms with Crippen LogP contribution in [0.2, 0.25) is 0 Å². The van der Waals surface area contributed by atoms with Crippen LogP contribution in [0.25, 0.3) is 0 Å². The van der Waals surface area contributed by atoms with E-state index in [2.05, 4.69) is 20.4 Å². The zero-order chi connectivity index (χ0) is 30.2. The van der Waals surface area contributed by atoms with Crippen molar-refractivity contribution in [2.24, 2.45) is 15.9 Å². The Labute approximate surface area is 245 Å². The van der Waals surface area contributed by atoms with Crippen molar-refractivity contribution in [2.45, 2.75) is 43.5 Å². The summed E-state index contributed by atoms with van der Waals surface area (Å²) in [4.78, 5) is 66.1. The predicted molar refractivity (Wildman–Crippen MR) is 154 cm³/mol. The summed E-state index contributed by atoms with van der Waals surface area (Å²) >= 11 is 3.51. The Kier molecular flexibility index (Phi) is 8.62. The third-order valence-corrected chi connectivity index (χ3v) is 9.35. The number of carboxylic acid groups (broad SMARTS) is 2. The average molecular weight is 626 g/mol. The van der Waals surface area contributed by atoms with Crippen LogP contribution in [-0.4, -0.2) is 107 Å². The maximum absolute atomic E-state index is 13.2. The lowest BCUT2D eigenvalue weighted by molar-refractivity contribution is -0.161. The lowest BCUT2D eigenvalue weighted by Crippen LogP contribution is -2.71. The number of carboxylic acids is 2. The highest BCUT2D eigenvalue weighted by molar-refractivity contribution is 8.14. The third-order valence-electron chi connectivity index (χ3n) is 6.20. The van der Waals surface area contributed by atoms with Gasteiger partial charge in [-0.15, -0.1) is 23.1 Å². The number of aliphatic carboxylic acids is 2. The molecule has 19 heteroatoms. The number of oxime groups is 1. The van der Waals surface area contributed by atoms with Crippen molar-refractivity contribution in [3.05, 3.63) is 22.3 Å². The summed E-state index contributed by atoms with van der Waals surface area (Å²) in [6.45, 7) is 2.48. The Balaban J connectivity index is 1.51. The smallest absolute Gasteiger partial charge is 0.352 e. The fourth-order valence-corrected chi connectivity index (χ4v) is 6.89. The van der Waals surface area contributed by atoms with Crippen LogP contribution in [0.1, 0.15) is 26.0 Å². The molecule has 8 N–H and O–H groups in total. The molecule has 0 aromatic carbocycles. The minimum absolute atomic E-state index is 0.0138. The van der Waals surface area contributed by atoms with Crippen molar-refractivity contribution in [3.8, 4) is 0 Å². The Bertz CT molecular complexity index is 1410. The number of thioether (sulfide) groups is 2. The quantitative estimate of drug-likeness (QED) is 0.118. The number of aromatic nitrogens is 1. The number of thiazole rings is 1. The number of carbonyl (C=O) groups excluding carboxylic acids is 2. The van der Waals surface area contributed by atoms with Crippen LogP contribution in [0.4, 0.5) is 5.13 Å². The summed E-state index contributed by atoms with van der Waals surface area (Å²) in [6, 6.07) is -1.09. The molecular weight excluding hydrogens is 598 g/mol. The van der Waals surface area contributed by atoms with Crippen molar-refractivity contribution in [3.63, 3.8) is 0 Å². The first-order valence-corrected chi connectivity index (χ1v) is 14.8. The van der Waals surface area contributed by atoms with E-state index in [0.29, 0.717) is 17.2 Å². The lowest BCUT2D eigenvalue weighted by Gasteiger charge is -2.49. The largest absolute Gasteiger partial charge is 0.478 e. The van der Waals surface area contributed by atoms with E-state index in [0.717, 1.165) is 16.2 Å². The number of hydrogen-bond donors (Lipinski definition) is 6. The van der Waals surface area contributed by atoms with Gasteiger partial charge in [-0.2, -0.15) is 0 Å². The number of nitrogens with one attached hydrogen (secondary N) is 2. The van der Waals surface area contributed by atoms with Gasteiger partial charge in [-0.05, 0) is 19.4 Å². The molecule has 1 fully saturated rings. The van der Waals surface area contributed by atoms with Crippen LogP contribution in [0.15, 0.2) is 26.8 Å². The van der Waals surface area contributed by atoms with E-state index in [-0.39, 0.29) is 33.9 Å². The molecule has 3 atom stereocenters. The second kappa shape index (κ2) is 11.7. The second-order valence-corrected chi connectivity index (χ2v) is 12.5. The molecule has 0 radical (unpaired) electrons. The summed E-state index contributed by atoms with van der Waals surface area (Å²) < 4.78 is 0. The van der Waals surface area contributed by atoms with Gasteiger partial charge in [0.15, 0.2) is 16.0 Å². The van der Waals surface area contributed by atoms with Gasteiger partial charge in [-0.1, -0.05) is 16.9 Å². The molecule has 4 rings (SSSR count). The first kappa shape index (κ1) is 30.3. The topological polar surface area (TPSA) is 250 Å². The number of nitrogen functional groups attached to an aromatic ring is 1. The summed E-state index contributed by atoms with van der Waals surface area (Å²) in [6.07, 6.45) is -0.126. The second-order valence-electron chi connectivity index (χ2n) is 9.55. The molecule has 0 saturated carbocycles. The molecule has 1 aromatic rings. The minimum atomic E-state index is -1.77. The summed E-state index contributed by atoms with van der Waals surface area (Å²) in [7, 11) is 1.73. The number of aliphatic imine (C=N–C) groups is 1. The van der Waals surface area contributed by atoms with E-state index < -0.39 is 52.6 Å². The summed E-state index contributed by atoms with van der Waals surface area (Å²) in [5, 5.41) is 34.7. The molecular formula is C22H27N9O7S3. The van der Waals surface area contributed by atoms with Crippen molar-refractivity contribution in [2.75, 3.05) is 24.3 Å². The van der Waals surface area contributed by atoms with Gasteiger partial charge in [-0.3, -0.25) is 19.9 Å². The van der Waals surface area contributed by atoms with Crippen LogP contribution >= 0.6 is 34.9 Å². The molecule has 0 bridgehead atoms. The number of amides is 2. The van der Waals surface area contributed by atoms with Gasteiger partial charge in [0.05, 0.1) is 6.17 Å². The fraction of sp³-hybridized carbons (Fsp3) is 0.455. The maximum Gasteiger partial charge on any atom is 0.352 e. The highest BCUT2D eigenvalue weighted by Gasteiger charge is 2.54. The molecule has 0 spiro atoms. The third kappa shape index (κ3) is 6.16. The van der Waals surface area contributed by atoms with Crippen LogP contribution in [0.5, 0.6) is 0 Å². The van der Waals surface area contributed by atoms with Gasteiger partial charge in [0, 0.05) is 30.4 Å². The number of nitrogens with two attached hydrogens (primary N) is 2. The van der Waals surface area contributed by atoms with Crippen LogP contribution < -0.4 is 16.8 Å². The van der Waals surface area contributed by atoms with Crippen LogP contribution in [0.3, 0.4) is 0 Å². The van der Waals surface area contributed by atoms with Gasteiger partial charge in [0.1, 0.15) is 28.6 Å².